The molecule has 0 radical (unpaired) electrons. The zero-order valence-corrected chi connectivity index (χ0v) is 15.8. The summed E-state index contributed by atoms with van der Waals surface area (Å²) >= 11 is 0. The summed E-state index contributed by atoms with van der Waals surface area (Å²) < 4.78 is 5.16. The van der Waals surface area contributed by atoms with Crippen molar-refractivity contribution in [1.82, 2.24) is 20.8 Å². The lowest BCUT2D eigenvalue weighted by molar-refractivity contribution is 0.414. The first-order valence-corrected chi connectivity index (χ1v) is 7.45. The van der Waals surface area contributed by atoms with Gasteiger partial charge in [0.1, 0.15) is 5.75 Å². The number of benzene rings is 1. The third-order valence-corrected chi connectivity index (χ3v) is 3.18. The van der Waals surface area contributed by atoms with Gasteiger partial charge in [-0.25, -0.2) is 4.99 Å². The van der Waals surface area contributed by atoms with Crippen LogP contribution in [0.15, 0.2) is 41.5 Å². The number of aromatic nitrogens is 2. The van der Waals surface area contributed by atoms with Gasteiger partial charge in [-0.1, -0.05) is 12.1 Å². The SMILES string of the molecule is CCNC(=NCc1ccn[nH]1)NCCc1ccc(OC)cc1.I. The van der Waals surface area contributed by atoms with Crippen LogP contribution in [0.5, 0.6) is 5.75 Å². The van der Waals surface area contributed by atoms with E-state index in [2.05, 4.69) is 44.9 Å². The molecule has 0 atom stereocenters. The van der Waals surface area contributed by atoms with Gasteiger partial charge < -0.3 is 15.4 Å². The topological polar surface area (TPSA) is 74.3 Å². The number of nitrogens with zero attached hydrogens (tertiary/aromatic N) is 2. The lowest BCUT2D eigenvalue weighted by Crippen LogP contribution is -2.38. The fraction of sp³-hybridized carbons (Fsp3) is 0.375. The van der Waals surface area contributed by atoms with Crippen molar-refractivity contribution in [1.29, 1.82) is 0 Å². The Morgan fingerprint density at radius 3 is 2.61 bits per heavy atom. The van der Waals surface area contributed by atoms with Crippen molar-refractivity contribution in [3.63, 3.8) is 0 Å². The van der Waals surface area contributed by atoms with Crippen LogP contribution in [-0.2, 0) is 13.0 Å². The van der Waals surface area contributed by atoms with Crippen molar-refractivity contribution in [2.24, 2.45) is 4.99 Å². The molecule has 0 saturated carbocycles. The Labute approximate surface area is 154 Å². The largest absolute Gasteiger partial charge is 0.497 e. The third-order valence-electron chi connectivity index (χ3n) is 3.18. The van der Waals surface area contributed by atoms with E-state index in [0.717, 1.165) is 36.9 Å². The molecule has 23 heavy (non-hydrogen) atoms. The molecule has 0 aliphatic rings. The predicted molar refractivity (Wildman–Crippen MR) is 104 cm³/mol. The number of H-pyrrole nitrogens is 1. The number of hydrogen-bond donors (Lipinski definition) is 3. The molecule has 0 aliphatic carbocycles. The van der Waals surface area contributed by atoms with Crippen LogP contribution in [0.1, 0.15) is 18.2 Å². The molecule has 2 aromatic rings. The zero-order valence-electron chi connectivity index (χ0n) is 13.5. The average Bonchev–Trinajstić information content (AvgIpc) is 3.06. The summed E-state index contributed by atoms with van der Waals surface area (Å²) in [5.74, 6) is 1.69. The van der Waals surface area contributed by atoms with E-state index in [1.165, 1.54) is 5.56 Å². The lowest BCUT2D eigenvalue weighted by Gasteiger charge is -2.11. The van der Waals surface area contributed by atoms with Gasteiger partial charge in [-0.2, -0.15) is 5.10 Å². The number of ether oxygens (including phenoxy) is 1. The molecule has 1 aromatic carbocycles. The summed E-state index contributed by atoms with van der Waals surface area (Å²) in [4.78, 5) is 4.52. The summed E-state index contributed by atoms with van der Waals surface area (Å²) in [5.41, 5.74) is 2.25. The second-order valence-electron chi connectivity index (χ2n) is 4.80. The highest BCUT2D eigenvalue weighted by molar-refractivity contribution is 14.0. The molecule has 1 aromatic heterocycles. The molecule has 0 bridgehead atoms. The molecule has 2 rings (SSSR count). The van der Waals surface area contributed by atoms with Crippen molar-refractivity contribution in [3.8, 4) is 5.75 Å². The molecule has 1 heterocycles. The molecule has 6 nitrogen and oxygen atoms in total. The Balaban J connectivity index is 0.00000264. The van der Waals surface area contributed by atoms with Crippen molar-refractivity contribution in [2.75, 3.05) is 20.2 Å². The number of nitrogens with one attached hydrogen (secondary N) is 3. The number of halogens is 1. The number of rotatable bonds is 7. The van der Waals surface area contributed by atoms with Crippen LogP contribution in [0.3, 0.4) is 0 Å². The van der Waals surface area contributed by atoms with Crippen molar-refractivity contribution in [3.05, 3.63) is 47.8 Å². The Bertz CT molecular complexity index is 569. The van der Waals surface area contributed by atoms with E-state index in [1.807, 2.05) is 18.2 Å². The Hall–Kier alpha value is -1.77. The predicted octanol–water partition coefficient (Wildman–Crippen LogP) is 2.33. The first kappa shape index (κ1) is 19.3. The van der Waals surface area contributed by atoms with Crippen molar-refractivity contribution >= 4 is 29.9 Å². The van der Waals surface area contributed by atoms with E-state index in [-0.39, 0.29) is 24.0 Å². The smallest absolute Gasteiger partial charge is 0.191 e. The molecule has 7 heteroatoms. The summed E-state index contributed by atoms with van der Waals surface area (Å²) in [6, 6.07) is 10.0. The zero-order chi connectivity index (χ0) is 15.6. The average molecular weight is 429 g/mol. The molecule has 3 N–H and O–H groups in total. The van der Waals surface area contributed by atoms with Gasteiger partial charge in [0.2, 0.25) is 0 Å². The molecular formula is C16H24IN5O. The fourth-order valence-corrected chi connectivity index (χ4v) is 2.00. The summed E-state index contributed by atoms with van der Waals surface area (Å²) in [5, 5.41) is 13.4. The first-order valence-electron chi connectivity index (χ1n) is 7.45. The second kappa shape index (κ2) is 10.9. The number of guanidine groups is 1. The Kier molecular flexibility index (Phi) is 9.11. The molecule has 0 unspecified atom stereocenters. The van der Waals surface area contributed by atoms with Crippen LogP contribution in [0.2, 0.25) is 0 Å². The normalized spacial score (nSPS) is 10.8. The second-order valence-corrected chi connectivity index (χ2v) is 4.80. The highest BCUT2D eigenvalue weighted by Crippen LogP contribution is 2.11. The van der Waals surface area contributed by atoms with Gasteiger partial charge in [0.25, 0.3) is 0 Å². The minimum atomic E-state index is 0. The number of aliphatic imine (C=N–C) groups is 1. The van der Waals surface area contributed by atoms with Gasteiger partial charge in [0, 0.05) is 19.3 Å². The number of hydrogen-bond acceptors (Lipinski definition) is 3. The summed E-state index contributed by atoms with van der Waals surface area (Å²) in [6.07, 6.45) is 2.66. The maximum absolute atomic E-state index is 5.16. The molecule has 0 amide bonds. The van der Waals surface area contributed by atoms with Crippen LogP contribution >= 0.6 is 24.0 Å². The maximum atomic E-state index is 5.16. The van der Waals surface area contributed by atoms with Gasteiger partial charge in [0.15, 0.2) is 5.96 Å². The van der Waals surface area contributed by atoms with Gasteiger partial charge in [-0.15, -0.1) is 24.0 Å². The van der Waals surface area contributed by atoms with Crippen molar-refractivity contribution < 1.29 is 4.74 Å². The van der Waals surface area contributed by atoms with E-state index in [0.29, 0.717) is 6.54 Å². The van der Waals surface area contributed by atoms with Gasteiger partial charge in [-0.05, 0) is 37.1 Å². The monoisotopic (exact) mass is 429 g/mol. The number of aromatic amines is 1. The minimum Gasteiger partial charge on any atom is -0.497 e. The summed E-state index contributed by atoms with van der Waals surface area (Å²) in [7, 11) is 1.68. The molecule has 126 valence electrons. The van der Waals surface area contributed by atoms with Gasteiger partial charge in [-0.3, -0.25) is 5.10 Å². The van der Waals surface area contributed by atoms with Gasteiger partial charge >= 0.3 is 0 Å². The first-order chi connectivity index (χ1) is 10.8. The van der Waals surface area contributed by atoms with Gasteiger partial charge in [0.05, 0.1) is 19.3 Å². The highest BCUT2D eigenvalue weighted by Gasteiger charge is 1.99. The van der Waals surface area contributed by atoms with Crippen LogP contribution in [0.4, 0.5) is 0 Å². The molecule has 0 saturated heterocycles. The molecule has 0 aliphatic heterocycles. The van der Waals surface area contributed by atoms with E-state index >= 15 is 0 Å². The molecule has 0 spiro atoms. The van der Waals surface area contributed by atoms with E-state index in [1.54, 1.807) is 13.3 Å². The maximum Gasteiger partial charge on any atom is 0.191 e. The molecule has 0 fully saturated rings. The molecular weight excluding hydrogens is 405 g/mol. The third kappa shape index (κ3) is 6.89. The Morgan fingerprint density at radius 1 is 1.22 bits per heavy atom. The minimum absolute atomic E-state index is 0. The van der Waals surface area contributed by atoms with Crippen LogP contribution in [0, 0.1) is 0 Å². The van der Waals surface area contributed by atoms with Crippen LogP contribution in [0.25, 0.3) is 0 Å². The van der Waals surface area contributed by atoms with Crippen LogP contribution < -0.4 is 15.4 Å². The van der Waals surface area contributed by atoms with E-state index in [9.17, 15) is 0 Å². The summed E-state index contributed by atoms with van der Waals surface area (Å²) in [6.45, 7) is 4.28. The lowest BCUT2D eigenvalue weighted by atomic mass is 10.1. The Morgan fingerprint density at radius 2 is 2.00 bits per heavy atom. The quantitative estimate of drug-likeness (QED) is 0.359. The van der Waals surface area contributed by atoms with Crippen molar-refractivity contribution in [2.45, 2.75) is 19.9 Å². The fourth-order valence-electron chi connectivity index (χ4n) is 2.00. The van der Waals surface area contributed by atoms with E-state index < -0.39 is 0 Å². The standard InChI is InChI=1S/C16H23N5O.HI/c1-3-17-16(19-12-14-9-11-20-21-14)18-10-8-13-4-6-15(22-2)7-5-13;/h4-7,9,11H,3,8,10,12H2,1-2H3,(H,20,21)(H2,17,18,19);1H. The number of methoxy groups -OCH3 is 1. The van der Waals surface area contributed by atoms with E-state index in [4.69, 9.17) is 4.74 Å². The highest BCUT2D eigenvalue weighted by atomic mass is 127. The van der Waals surface area contributed by atoms with Crippen LogP contribution in [-0.4, -0.2) is 36.4 Å².